The molecular weight excluding hydrogens is 480 g/mol. The second kappa shape index (κ2) is 6.26. The summed E-state index contributed by atoms with van der Waals surface area (Å²) >= 11 is 0. The molecule has 0 radical (unpaired) electrons. The van der Waals surface area contributed by atoms with E-state index in [-0.39, 0.29) is 25.0 Å². The molecule has 3 aliphatic heterocycles. The number of ether oxygens (including phenoxy) is 3. The van der Waals surface area contributed by atoms with Crippen LogP contribution in [0.3, 0.4) is 0 Å². The van der Waals surface area contributed by atoms with Gasteiger partial charge in [0.2, 0.25) is 11.2 Å². The Kier molecular flexibility index (Phi) is 3.95. The van der Waals surface area contributed by atoms with Crippen LogP contribution in [0.4, 0.5) is 0 Å². The Hall–Kier alpha value is -2.78. The van der Waals surface area contributed by atoms with Crippen molar-refractivity contribution in [2.45, 2.75) is 75.5 Å². The molecule has 2 saturated carbocycles. The molecule has 37 heavy (non-hydrogen) atoms. The Morgan fingerprint density at radius 3 is 2.46 bits per heavy atom. The van der Waals surface area contributed by atoms with E-state index >= 15 is 0 Å². The molecule has 7 aliphatic rings. The van der Waals surface area contributed by atoms with E-state index in [4.69, 9.17) is 14.2 Å². The van der Waals surface area contributed by atoms with Crippen LogP contribution in [0.25, 0.3) is 0 Å². The maximum absolute atomic E-state index is 14.1. The number of carbonyl (C=O) groups is 4. The standard InChI is InChI=1S/C28H30O9/c1-13-19(30)35-18-12-23(13,2)20-27(34)16-9-8-14-6-5-7-17(29)24(14,3)15(16)10-11-26(33)21(31)36-25(18,4)28(20,26)37-22(27)32/h5-9,13,15-16,18,20,33-34H,10-12H2,1-4H3/t13-,15+,16-,18+,20-,23-,24+,25+,26+,27-,28+/m1/s1. The lowest BCUT2D eigenvalue weighted by molar-refractivity contribution is -0.303. The first-order valence-electron chi connectivity index (χ1n) is 13.0. The van der Waals surface area contributed by atoms with Gasteiger partial charge in [-0.15, -0.1) is 0 Å². The average Bonchev–Trinajstić information content (AvgIpc) is 3.19. The zero-order valence-corrected chi connectivity index (χ0v) is 21.1. The maximum atomic E-state index is 14.1. The molecule has 1 spiro atoms. The van der Waals surface area contributed by atoms with E-state index in [0.717, 1.165) is 5.57 Å². The molecule has 11 atom stereocenters. The molecule has 4 aliphatic carbocycles. The summed E-state index contributed by atoms with van der Waals surface area (Å²) in [7, 11) is 0. The van der Waals surface area contributed by atoms with Crippen LogP contribution in [0.15, 0.2) is 36.0 Å². The molecule has 0 aromatic carbocycles. The van der Waals surface area contributed by atoms with Crippen molar-refractivity contribution in [3.8, 4) is 0 Å². The summed E-state index contributed by atoms with van der Waals surface area (Å²) in [5.74, 6) is -6.13. The minimum atomic E-state index is -2.31. The van der Waals surface area contributed by atoms with Gasteiger partial charge in [0.05, 0.1) is 17.3 Å². The third-order valence-corrected chi connectivity index (χ3v) is 11.5. The van der Waals surface area contributed by atoms with Gasteiger partial charge in [0, 0.05) is 5.92 Å². The molecule has 9 heteroatoms. The molecule has 2 N–H and O–H groups in total. The van der Waals surface area contributed by atoms with Crippen molar-refractivity contribution in [3.05, 3.63) is 36.0 Å². The molecule has 0 unspecified atom stereocenters. The second-order valence-electron chi connectivity index (χ2n) is 12.7. The van der Waals surface area contributed by atoms with Gasteiger partial charge in [-0.25, -0.2) is 9.59 Å². The first-order valence-corrected chi connectivity index (χ1v) is 13.0. The summed E-state index contributed by atoms with van der Waals surface area (Å²) in [5.41, 5.74) is -9.69. The molecule has 3 heterocycles. The fourth-order valence-electron chi connectivity index (χ4n) is 9.37. The van der Waals surface area contributed by atoms with Crippen LogP contribution in [0.2, 0.25) is 0 Å². The lowest BCUT2D eigenvalue weighted by atomic mass is 9.40. The highest BCUT2D eigenvalue weighted by Gasteiger charge is 2.93. The third-order valence-electron chi connectivity index (χ3n) is 11.5. The fourth-order valence-corrected chi connectivity index (χ4v) is 9.37. The van der Waals surface area contributed by atoms with Crippen LogP contribution in [0, 0.1) is 34.5 Å². The van der Waals surface area contributed by atoms with E-state index < -0.39 is 80.9 Å². The Morgan fingerprint density at radius 2 is 1.73 bits per heavy atom. The molecule has 0 aromatic rings. The Bertz CT molecular complexity index is 1310. The van der Waals surface area contributed by atoms with E-state index in [2.05, 4.69) is 0 Å². The monoisotopic (exact) mass is 510 g/mol. The summed E-state index contributed by atoms with van der Waals surface area (Å²) in [6.45, 7) is 6.77. The number of hydrogen-bond acceptors (Lipinski definition) is 9. The number of fused-ring (bicyclic) bond motifs is 7. The van der Waals surface area contributed by atoms with Gasteiger partial charge in [-0.2, -0.15) is 0 Å². The number of rotatable bonds is 0. The topological polar surface area (TPSA) is 136 Å². The average molecular weight is 511 g/mol. The van der Waals surface area contributed by atoms with Crippen molar-refractivity contribution in [2.75, 3.05) is 0 Å². The van der Waals surface area contributed by atoms with Crippen molar-refractivity contribution in [1.82, 2.24) is 0 Å². The molecule has 3 saturated heterocycles. The molecule has 0 aromatic heterocycles. The lowest BCUT2D eigenvalue weighted by Gasteiger charge is -2.64. The van der Waals surface area contributed by atoms with Crippen molar-refractivity contribution in [3.63, 3.8) is 0 Å². The van der Waals surface area contributed by atoms with Gasteiger partial charge in [-0.05, 0) is 56.1 Å². The van der Waals surface area contributed by atoms with E-state index in [1.807, 2.05) is 6.08 Å². The summed E-state index contributed by atoms with van der Waals surface area (Å²) in [4.78, 5) is 54.1. The van der Waals surface area contributed by atoms with Crippen LogP contribution < -0.4 is 0 Å². The second-order valence-corrected chi connectivity index (χ2v) is 12.7. The number of allylic oxidation sites excluding steroid dienone is 5. The van der Waals surface area contributed by atoms with E-state index in [1.165, 1.54) is 13.0 Å². The van der Waals surface area contributed by atoms with Crippen LogP contribution in [0.1, 0.15) is 47.0 Å². The zero-order chi connectivity index (χ0) is 26.6. The predicted octanol–water partition coefficient (Wildman–Crippen LogP) is 1.31. The summed E-state index contributed by atoms with van der Waals surface area (Å²) in [6.07, 6.45) is 7.73. The highest BCUT2D eigenvalue weighted by atomic mass is 16.7. The lowest BCUT2D eigenvalue weighted by Crippen LogP contribution is -2.80. The Balaban J connectivity index is 1.56. The van der Waals surface area contributed by atoms with E-state index in [9.17, 15) is 29.4 Å². The molecule has 9 nitrogen and oxygen atoms in total. The Labute approximate surface area is 213 Å². The normalized spacial score (nSPS) is 56.7. The van der Waals surface area contributed by atoms with Gasteiger partial charge in [0.1, 0.15) is 6.10 Å². The van der Waals surface area contributed by atoms with Crippen LogP contribution >= 0.6 is 0 Å². The first kappa shape index (κ1) is 23.3. The Morgan fingerprint density at radius 1 is 1.00 bits per heavy atom. The largest absolute Gasteiger partial charge is 0.458 e. The maximum Gasteiger partial charge on any atom is 0.343 e. The fraction of sp³-hybridized carbons (Fsp3) is 0.643. The number of ketones is 1. The summed E-state index contributed by atoms with van der Waals surface area (Å²) < 4.78 is 17.7. The van der Waals surface area contributed by atoms with Gasteiger partial charge in [-0.1, -0.05) is 38.2 Å². The summed E-state index contributed by atoms with van der Waals surface area (Å²) in [5, 5.41) is 25.0. The van der Waals surface area contributed by atoms with Crippen LogP contribution in [-0.4, -0.2) is 62.4 Å². The molecule has 5 fully saturated rings. The number of esters is 3. The van der Waals surface area contributed by atoms with Crippen molar-refractivity contribution in [1.29, 1.82) is 0 Å². The zero-order valence-electron chi connectivity index (χ0n) is 21.1. The van der Waals surface area contributed by atoms with Crippen molar-refractivity contribution in [2.24, 2.45) is 34.5 Å². The molecular formula is C28H30O9. The van der Waals surface area contributed by atoms with E-state index in [1.54, 1.807) is 39.0 Å². The van der Waals surface area contributed by atoms with Crippen molar-refractivity contribution < 1.29 is 43.6 Å². The van der Waals surface area contributed by atoms with Crippen molar-refractivity contribution >= 4 is 23.7 Å². The highest BCUT2D eigenvalue weighted by molar-refractivity contribution is 6.00. The molecule has 4 bridgehead atoms. The number of aliphatic hydroxyl groups is 2. The number of carbonyl (C=O) groups excluding carboxylic acids is 4. The molecule has 0 amide bonds. The minimum absolute atomic E-state index is 0.147. The number of hydrogen-bond donors (Lipinski definition) is 2. The van der Waals surface area contributed by atoms with Gasteiger partial charge in [0.15, 0.2) is 17.0 Å². The summed E-state index contributed by atoms with van der Waals surface area (Å²) in [6, 6.07) is 0. The third kappa shape index (κ3) is 2.06. The SMILES string of the molecule is C[C@@H]1C(=O)O[C@H]2C[C@@]1(C)[C@@H]1[C@@]3(O)C(=O)O[C@]14[C@@]2(C)OC(=O)[C@@]4(O)CC[C@H]1[C@H]3C=CC2=CC=CC(=O)[C@@]21C. The van der Waals surface area contributed by atoms with Gasteiger partial charge >= 0.3 is 17.9 Å². The highest BCUT2D eigenvalue weighted by Crippen LogP contribution is 2.74. The van der Waals surface area contributed by atoms with Gasteiger partial charge in [0.25, 0.3) is 0 Å². The molecule has 7 rings (SSSR count). The van der Waals surface area contributed by atoms with Gasteiger partial charge in [-0.3, -0.25) is 9.59 Å². The quantitative estimate of drug-likeness (QED) is 0.365. The predicted molar refractivity (Wildman–Crippen MR) is 124 cm³/mol. The smallest absolute Gasteiger partial charge is 0.343 e. The van der Waals surface area contributed by atoms with Crippen LogP contribution in [-0.2, 0) is 33.4 Å². The van der Waals surface area contributed by atoms with Gasteiger partial charge < -0.3 is 24.4 Å². The van der Waals surface area contributed by atoms with E-state index in [0.29, 0.717) is 0 Å². The minimum Gasteiger partial charge on any atom is -0.458 e. The molecule has 196 valence electrons. The van der Waals surface area contributed by atoms with Crippen LogP contribution in [0.5, 0.6) is 0 Å². The first-order chi connectivity index (χ1) is 17.2.